The molecule has 0 bridgehead atoms. The number of urea groups is 1. The number of aliphatic carboxylic acids is 1. The summed E-state index contributed by atoms with van der Waals surface area (Å²) < 4.78 is 10.1. The Morgan fingerprint density at radius 2 is 2.05 bits per heavy atom. The zero-order valence-electron chi connectivity index (χ0n) is 12.6. The Labute approximate surface area is 125 Å². The van der Waals surface area contributed by atoms with E-state index in [-0.39, 0.29) is 18.0 Å². The lowest BCUT2D eigenvalue weighted by molar-refractivity contribution is -0.143. The Balaban J connectivity index is 2.06. The highest BCUT2D eigenvalue weighted by molar-refractivity contribution is 5.74. The molecule has 0 heterocycles. The summed E-state index contributed by atoms with van der Waals surface area (Å²) in [5, 5.41) is 14.6. The average molecular weight is 302 g/mol. The molecule has 2 amide bonds. The Hall–Kier alpha value is -1.34. The van der Waals surface area contributed by atoms with Gasteiger partial charge in [-0.15, -0.1) is 0 Å². The first-order valence-corrected chi connectivity index (χ1v) is 7.47. The fourth-order valence-electron chi connectivity index (χ4n) is 2.40. The van der Waals surface area contributed by atoms with Crippen molar-refractivity contribution in [2.24, 2.45) is 5.92 Å². The van der Waals surface area contributed by atoms with E-state index < -0.39 is 5.97 Å². The predicted octanol–water partition coefficient (Wildman–Crippen LogP) is 0.982. The predicted molar refractivity (Wildman–Crippen MR) is 77.2 cm³/mol. The average Bonchev–Trinajstić information content (AvgIpc) is 2.46. The van der Waals surface area contributed by atoms with E-state index in [1.165, 1.54) is 0 Å². The molecule has 0 aromatic carbocycles. The molecule has 0 spiro atoms. The standard InChI is InChI=1S/C14H26N2O5/c1-20-8-9-21-7-3-6-15-14(19)16-12-5-2-4-11(10-12)13(17)18/h11-12H,2-10H2,1H3,(H,17,18)(H2,15,16,19). The molecule has 0 aromatic heterocycles. The second-order valence-electron chi connectivity index (χ2n) is 5.26. The number of hydrogen-bond donors (Lipinski definition) is 3. The summed E-state index contributed by atoms with van der Waals surface area (Å²) in [6, 6.07) is -0.277. The number of carboxylic acid groups (broad SMARTS) is 1. The van der Waals surface area contributed by atoms with Crippen molar-refractivity contribution in [3.63, 3.8) is 0 Å². The van der Waals surface area contributed by atoms with Crippen molar-refractivity contribution in [1.82, 2.24) is 10.6 Å². The van der Waals surface area contributed by atoms with Gasteiger partial charge in [0.15, 0.2) is 0 Å². The molecule has 1 aliphatic rings. The van der Waals surface area contributed by atoms with Crippen molar-refractivity contribution < 1.29 is 24.2 Å². The van der Waals surface area contributed by atoms with Crippen LogP contribution in [-0.4, -0.2) is 56.6 Å². The van der Waals surface area contributed by atoms with E-state index in [4.69, 9.17) is 14.6 Å². The molecule has 21 heavy (non-hydrogen) atoms. The van der Waals surface area contributed by atoms with Crippen LogP contribution in [0, 0.1) is 5.92 Å². The number of ether oxygens (including phenoxy) is 2. The zero-order chi connectivity index (χ0) is 15.5. The van der Waals surface area contributed by atoms with E-state index in [1.807, 2.05) is 0 Å². The first kappa shape index (κ1) is 17.7. The van der Waals surface area contributed by atoms with Crippen LogP contribution in [0.4, 0.5) is 4.79 Å². The summed E-state index contributed by atoms with van der Waals surface area (Å²) in [5.41, 5.74) is 0. The second-order valence-corrected chi connectivity index (χ2v) is 5.26. The first-order valence-electron chi connectivity index (χ1n) is 7.47. The van der Waals surface area contributed by atoms with E-state index >= 15 is 0 Å². The Morgan fingerprint density at radius 1 is 1.24 bits per heavy atom. The van der Waals surface area contributed by atoms with Gasteiger partial charge in [0.1, 0.15) is 0 Å². The third-order valence-electron chi connectivity index (χ3n) is 3.54. The quantitative estimate of drug-likeness (QED) is 0.552. The molecule has 7 heteroatoms. The summed E-state index contributed by atoms with van der Waals surface area (Å²) >= 11 is 0. The number of carbonyl (C=O) groups is 2. The van der Waals surface area contributed by atoms with Crippen molar-refractivity contribution in [2.75, 3.05) is 33.5 Å². The number of nitrogens with one attached hydrogen (secondary N) is 2. The van der Waals surface area contributed by atoms with Crippen LogP contribution in [0.3, 0.4) is 0 Å². The minimum Gasteiger partial charge on any atom is -0.481 e. The lowest BCUT2D eigenvalue weighted by Gasteiger charge is -2.27. The van der Waals surface area contributed by atoms with Gasteiger partial charge in [0.2, 0.25) is 0 Å². The third-order valence-corrected chi connectivity index (χ3v) is 3.54. The van der Waals surface area contributed by atoms with Gasteiger partial charge in [-0.05, 0) is 25.7 Å². The van der Waals surface area contributed by atoms with E-state index in [0.29, 0.717) is 39.2 Å². The molecule has 7 nitrogen and oxygen atoms in total. The normalized spacial score (nSPS) is 21.8. The van der Waals surface area contributed by atoms with Crippen molar-refractivity contribution in [1.29, 1.82) is 0 Å². The summed E-state index contributed by atoms with van der Waals surface area (Å²) in [6.45, 7) is 2.24. The van der Waals surface area contributed by atoms with Crippen LogP contribution < -0.4 is 10.6 Å². The second kappa shape index (κ2) is 10.4. The summed E-state index contributed by atoms with van der Waals surface area (Å²) in [4.78, 5) is 22.6. The molecule has 1 saturated carbocycles. The van der Waals surface area contributed by atoms with Gasteiger partial charge in [0, 0.05) is 26.3 Å². The largest absolute Gasteiger partial charge is 0.481 e. The van der Waals surface area contributed by atoms with Crippen molar-refractivity contribution in [3.8, 4) is 0 Å². The molecule has 1 fully saturated rings. The van der Waals surface area contributed by atoms with Crippen LogP contribution in [0.2, 0.25) is 0 Å². The van der Waals surface area contributed by atoms with Gasteiger partial charge >= 0.3 is 12.0 Å². The van der Waals surface area contributed by atoms with Gasteiger partial charge in [-0.2, -0.15) is 0 Å². The number of carbonyl (C=O) groups excluding carboxylic acids is 1. The van der Waals surface area contributed by atoms with Gasteiger partial charge in [-0.1, -0.05) is 6.42 Å². The maximum Gasteiger partial charge on any atom is 0.315 e. The highest BCUT2D eigenvalue weighted by atomic mass is 16.5. The lowest BCUT2D eigenvalue weighted by Crippen LogP contribution is -2.45. The molecule has 3 N–H and O–H groups in total. The van der Waals surface area contributed by atoms with E-state index in [0.717, 1.165) is 19.3 Å². The summed E-state index contributed by atoms with van der Waals surface area (Å²) in [6.07, 6.45) is 3.64. The minimum absolute atomic E-state index is 0.0437. The molecule has 122 valence electrons. The monoisotopic (exact) mass is 302 g/mol. The SMILES string of the molecule is COCCOCCCNC(=O)NC1CCCC(C(=O)O)C1. The highest BCUT2D eigenvalue weighted by Crippen LogP contribution is 2.24. The molecule has 2 atom stereocenters. The van der Waals surface area contributed by atoms with Gasteiger partial charge < -0.3 is 25.2 Å². The Kier molecular flexibility index (Phi) is 8.77. The molecule has 0 aliphatic heterocycles. The van der Waals surface area contributed by atoms with Gasteiger partial charge in [-0.3, -0.25) is 4.79 Å². The number of methoxy groups -OCH3 is 1. The molecule has 1 rings (SSSR count). The highest BCUT2D eigenvalue weighted by Gasteiger charge is 2.27. The lowest BCUT2D eigenvalue weighted by atomic mass is 9.86. The molecule has 0 radical (unpaired) electrons. The van der Waals surface area contributed by atoms with Crippen molar-refractivity contribution >= 4 is 12.0 Å². The van der Waals surface area contributed by atoms with Gasteiger partial charge in [-0.25, -0.2) is 4.79 Å². The van der Waals surface area contributed by atoms with Crippen molar-refractivity contribution in [3.05, 3.63) is 0 Å². The smallest absolute Gasteiger partial charge is 0.315 e. The molecule has 0 aromatic rings. The molecular formula is C14H26N2O5. The number of hydrogen-bond acceptors (Lipinski definition) is 4. The number of amides is 2. The summed E-state index contributed by atoms with van der Waals surface area (Å²) in [7, 11) is 1.62. The van der Waals surface area contributed by atoms with Crippen LogP contribution >= 0.6 is 0 Å². The summed E-state index contributed by atoms with van der Waals surface area (Å²) in [5.74, 6) is -1.10. The van der Waals surface area contributed by atoms with Crippen LogP contribution in [0.5, 0.6) is 0 Å². The first-order chi connectivity index (χ1) is 10.1. The fourth-order valence-corrected chi connectivity index (χ4v) is 2.40. The molecule has 0 saturated heterocycles. The van der Waals surface area contributed by atoms with E-state index in [1.54, 1.807) is 7.11 Å². The van der Waals surface area contributed by atoms with E-state index in [9.17, 15) is 9.59 Å². The molecule has 2 unspecified atom stereocenters. The Bertz CT molecular complexity index is 324. The number of carboxylic acids is 1. The van der Waals surface area contributed by atoms with Gasteiger partial charge in [0.05, 0.1) is 19.1 Å². The van der Waals surface area contributed by atoms with Crippen LogP contribution in [-0.2, 0) is 14.3 Å². The molecule has 1 aliphatic carbocycles. The van der Waals surface area contributed by atoms with Crippen LogP contribution in [0.25, 0.3) is 0 Å². The maximum atomic E-state index is 11.7. The maximum absolute atomic E-state index is 11.7. The van der Waals surface area contributed by atoms with Crippen LogP contribution in [0.1, 0.15) is 32.1 Å². The van der Waals surface area contributed by atoms with Crippen LogP contribution in [0.15, 0.2) is 0 Å². The Morgan fingerprint density at radius 3 is 2.76 bits per heavy atom. The zero-order valence-corrected chi connectivity index (χ0v) is 12.6. The van der Waals surface area contributed by atoms with Crippen molar-refractivity contribution in [2.45, 2.75) is 38.1 Å². The van der Waals surface area contributed by atoms with Gasteiger partial charge in [0.25, 0.3) is 0 Å². The topological polar surface area (TPSA) is 96.9 Å². The molecular weight excluding hydrogens is 276 g/mol. The fraction of sp³-hybridized carbons (Fsp3) is 0.857. The number of rotatable bonds is 9. The van der Waals surface area contributed by atoms with E-state index in [2.05, 4.69) is 10.6 Å². The third kappa shape index (κ3) is 7.87. The minimum atomic E-state index is -0.768.